The summed E-state index contributed by atoms with van der Waals surface area (Å²) in [7, 11) is 0. The van der Waals surface area contributed by atoms with Gasteiger partial charge in [-0.3, -0.25) is 14.9 Å². The second-order valence-electron chi connectivity index (χ2n) is 5.86. The van der Waals surface area contributed by atoms with Crippen LogP contribution >= 0.6 is 0 Å². The highest BCUT2D eigenvalue weighted by Crippen LogP contribution is 2.10. The van der Waals surface area contributed by atoms with Crippen molar-refractivity contribution in [1.29, 1.82) is 0 Å². The van der Waals surface area contributed by atoms with Gasteiger partial charge in [0.15, 0.2) is 6.04 Å². The van der Waals surface area contributed by atoms with Gasteiger partial charge in [-0.25, -0.2) is 4.79 Å². The number of urea groups is 1. The first-order chi connectivity index (χ1) is 11.5. The number of quaternary nitrogens is 1. The smallest absolute Gasteiger partial charge is 0.321 e. The quantitative estimate of drug-likeness (QED) is 0.683. The van der Waals surface area contributed by atoms with Crippen LogP contribution in [-0.4, -0.2) is 55.5 Å². The Hall–Kier alpha value is -2.41. The van der Waals surface area contributed by atoms with Crippen LogP contribution in [0.3, 0.4) is 0 Å². The molecule has 1 atom stereocenters. The predicted octanol–water partition coefficient (Wildman–Crippen LogP) is -0.680. The Morgan fingerprint density at radius 1 is 1.17 bits per heavy atom. The molecule has 4 amide bonds. The third kappa shape index (κ3) is 4.55. The molecule has 1 aliphatic rings. The Bertz CT molecular complexity index is 583. The second kappa shape index (κ2) is 8.44. The first-order valence-electron chi connectivity index (χ1n) is 8.26. The number of piperazine rings is 1. The lowest BCUT2D eigenvalue weighted by atomic mass is 10.0. The minimum Gasteiger partial charge on any atom is -0.338 e. The van der Waals surface area contributed by atoms with Crippen LogP contribution < -0.4 is 15.5 Å². The lowest BCUT2D eigenvalue weighted by Crippen LogP contribution is -3.16. The molecule has 1 fully saturated rings. The van der Waals surface area contributed by atoms with Crippen molar-refractivity contribution in [2.45, 2.75) is 19.9 Å². The molecule has 0 saturated carbocycles. The molecule has 1 heterocycles. The van der Waals surface area contributed by atoms with Gasteiger partial charge in [-0.05, 0) is 6.92 Å². The van der Waals surface area contributed by atoms with Gasteiger partial charge < -0.3 is 15.1 Å². The third-order valence-corrected chi connectivity index (χ3v) is 4.23. The van der Waals surface area contributed by atoms with Gasteiger partial charge in [0.2, 0.25) is 5.91 Å². The molecule has 0 bridgehead atoms. The van der Waals surface area contributed by atoms with Gasteiger partial charge in [0.25, 0.3) is 5.91 Å². The number of imide groups is 1. The first-order valence-corrected chi connectivity index (χ1v) is 8.26. The number of carbonyl (C=O) groups excluding carboxylic acids is 3. The minimum atomic E-state index is -0.481. The molecule has 7 nitrogen and oxygen atoms in total. The Balaban J connectivity index is 2.14. The highest BCUT2D eigenvalue weighted by Gasteiger charge is 2.35. The summed E-state index contributed by atoms with van der Waals surface area (Å²) in [5, 5.41) is 4.99. The van der Waals surface area contributed by atoms with Gasteiger partial charge >= 0.3 is 6.03 Å². The number of benzene rings is 1. The maximum atomic E-state index is 12.7. The van der Waals surface area contributed by atoms with E-state index in [0.717, 1.165) is 10.5 Å². The molecular weight excluding hydrogens is 308 g/mol. The summed E-state index contributed by atoms with van der Waals surface area (Å²) >= 11 is 0. The zero-order valence-corrected chi connectivity index (χ0v) is 14.2. The standard InChI is InChI=1S/C17H24N4O3/c1-3-18-17(24)19-16(23)15(14-7-5-4-6-8-14)21-11-9-20(10-12-21)13(2)22/h4-8,15H,3,9-12H2,1-2H3,(H2,18,19,23,24)/p+1/t15-/m1/s1. The fourth-order valence-corrected chi connectivity index (χ4v) is 3.00. The first kappa shape index (κ1) is 17.9. The van der Waals surface area contributed by atoms with E-state index in [0.29, 0.717) is 32.7 Å². The molecule has 0 unspecified atom stereocenters. The van der Waals surface area contributed by atoms with Crippen molar-refractivity contribution in [3.63, 3.8) is 0 Å². The SMILES string of the molecule is CCNC(=O)NC(=O)[C@@H](c1ccccc1)[NH+]1CCN(C(C)=O)CC1. The van der Waals surface area contributed by atoms with Crippen molar-refractivity contribution in [3.8, 4) is 0 Å². The van der Waals surface area contributed by atoms with E-state index in [4.69, 9.17) is 0 Å². The van der Waals surface area contributed by atoms with E-state index in [1.807, 2.05) is 30.3 Å². The molecule has 3 N–H and O–H groups in total. The van der Waals surface area contributed by atoms with Crippen molar-refractivity contribution in [2.75, 3.05) is 32.7 Å². The van der Waals surface area contributed by atoms with Gasteiger partial charge in [0, 0.05) is 19.0 Å². The average molecular weight is 333 g/mol. The third-order valence-electron chi connectivity index (χ3n) is 4.23. The molecule has 1 aromatic rings. The van der Waals surface area contributed by atoms with Gasteiger partial charge in [-0.2, -0.15) is 0 Å². The van der Waals surface area contributed by atoms with Crippen molar-refractivity contribution in [2.24, 2.45) is 0 Å². The molecule has 2 rings (SSSR count). The van der Waals surface area contributed by atoms with Crippen LogP contribution in [0.4, 0.5) is 4.79 Å². The molecule has 1 aromatic carbocycles. The Labute approximate surface area is 142 Å². The van der Waals surface area contributed by atoms with E-state index in [-0.39, 0.29) is 11.8 Å². The van der Waals surface area contributed by atoms with Crippen molar-refractivity contribution < 1.29 is 19.3 Å². The van der Waals surface area contributed by atoms with Crippen LogP contribution in [0.15, 0.2) is 30.3 Å². The Kier molecular flexibility index (Phi) is 6.31. The van der Waals surface area contributed by atoms with Crippen molar-refractivity contribution >= 4 is 17.8 Å². The molecule has 7 heteroatoms. The van der Waals surface area contributed by atoms with Crippen LogP contribution in [-0.2, 0) is 9.59 Å². The summed E-state index contributed by atoms with van der Waals surface area (Å²) in [5.74, 6) is -0.268. The van der Waals surface area contributed by atoms with Gasteiger partial charge in [-0.15, -0.1) is 0 Å². The number of carbonyl (C=O) groups is 3. The van der Waals surface area contributed by atoms with Crippen molar-refractivity contribution in [3.05, 3.63) is 35.9 Å². The van der Waals surface area contributed by atoms with Crippen molar-refractivity contribution in [1.82, 2.24) is 15.5 Å². The average Bonchev–Trinajstić information content (AvgIpc) is 2.56. The van der Waals surface area contributed by atoms with E-state index in [2.05, 4.69) is 10.6 Å². The molecule has 130 valence electrons. The monoisotopic (exact) mass is 333 g/mol. The molecule has 1 aliphatic heterocycles. The molecule has 1 saturated heterocycles. The molecular formula is C17H25N4O3+. The van der Waals surface area contributed by atoms with Gasteiger partial charge in [-0.1, -0.05) is 30.3 Å². The Morgan fingerprint density at radius 2 is 1.79 bits per heavy atom. The number of hydrogen-bond donors (Lipinski definition) is 3. The predicted molar refractivity (Wildman–Crippen MR) is 89.3 cm³/mol. The summed E-state index contributed by atoms with van der Waals surface area (Å²) in [6, 6.07) is 8.50. The van der Waals surface area contributed by atoms with E-state index < -0.39 is 12.1 Å². The lowest BCUT2D eigenvalue weighted by Gasteiger charge is -2.35. The summed E-state index contributed by atoms with van der Waals surface area (Å²) in [6.07, 6.45) is 0. The molecule has 0 aliphatic carbocycles. The van der Waals surface area contributed by atoms with Crippen LogP contribution in [0.25, 0.3) is 0 Å². The maximum absolute atomic E-state index is 12.7. The molecule has 0 aromatic heterocycles. The number of nitrogens with zero attached hydrogens (tertiary/aromatic N) is 1. The number of hydrogen-bond acceptors (Lipinski definition) is 3. The fourth-order valence-electron chi connectivity index (χ4n) is 3.00. The van der Waals surface area contributed by atoms with Gasteiger partial charge in [0.1, 0.15) is 0 Å². The zero-order chi connectivity index (χ0) is 17.5. The largest absolute Gasteiger partial charge is 0.338 e. The highest BCUT2D eigenvalue weighted by atomic mass is 16.2. The summed E-state index contributed by atoms with van der Waals surface area (Å²) in [5.41, 5.74) is 0.866. The molecule has 0 radical (unpaired) electrons. The van der Waals surface area contributed by atoms with E-state index in [9.17, 15) is 14.4 Å². The number of rotatable bonds is 4. The lowest BCUT2D eigenvalue weighted by molar-refractivity contribution is -0.925. The van der Waals surface area contributed by atoms with Crippen LogP contribution in [0, 0.1) is 0 Å². The van der Waals surface area contributed by atoms with Gasteiger partial charge in [0.05, 0.1) is 26.2 Å². The summed E-state index contributed by atoms with van der Waals surface area (Å²) in [6.45, 7) is 6.38. The Morgan fingerprint density at radius 3 is 2.33 bits per heavy atom. The van der Waals surface area contributed by atoms with Crippen LogP contribution in [0.2, 0.25) is 0 Å². The molecule has 0 spiro atoms. The van der Waals surface area contributed by atoms with Crippen LogP contribution in [0.1, 0.15) is 25.5 Å². The van der Waals surface area contributed by atoms with E-state index >= 15 is 0 Å². The molecule has 24 heavy (non-hydrogen) atoms. The summed E-state index contributed by atoms with van der Waals surface area (Å²) < 4.78 is 0. The van der Waals surface area contributed by atoms with E-state index in [1.165, 1.54) is 0 Å². The summed E-state index contributed by atoms with van der Waals surface area (Å²) in [4.78, 5) is 38.7. The normalized spacial score (nSPS) is 16.3. The topological polar surface area (TPSA) is 82.9 Å². The number of nitrogens with one attached hydrogen (secondary N) is 3. The zero-order valence-electron chi connectivity index (χ0n) is 14.2. The van der Waals surface area contributed by atoms with E-state index in [1.54, 1.807) is 18.7 Å². The second-order valence-corrected chi connectivity index (χ2v) is 5.86. The highest BCUT2D eigenvalue weighted by molar-refractivity contribution is 5.96. The maximum Gasteiger partial charge on any atom is 0.321 e. The van der Waals surface area contributed by atoms with Crippen LogP contribution in [0.5, 0.6) is 0 Å². The fraction of sp³-hybridized carbons (Fsp3) is 0.471. The minimum absolute atomic E-state index is 0.0529. The number of amides is 4.